The van der Waals surface area contributed by atoms with E-state index in [-0.39, 0.29) is 0 Å². The Bertz CT molecular complexity index is 249. The fourth-order valence-electron chi connectivity index (χ4n) is 1.52. The Morgan fingerprint density at radius 1 is 0.875 bits per heavy atom. The smallest absolute Gasteiger partial charge is 0.0205 e. The Morgan fingerprint density at radius 2 is 1.56 bits per heavy atom. The summed E-state index contributed by atoms with van der Waals surface area (Å²) in [6, 6.07) is 10.5. The Hall–Kier alpha value is -0.900. The predicted molar refractivity (Wildman–Crippen MR) is 69.3 cm³/mol. The van der Waals surface area contributed by atoms with Crippen LogP contribution in [-0.2, 0) is 6.54 Å². The summed E-state index contributed by atoms with van der Waals surface area (Å²) in [6.07, 6.45) is 2.23. The summed E-state index contributed by atoms with van der Waals surface area (Å²) >= 11 is 0. The van der Waals surface area contributed by atoms with Crippen molar-refractivity contribution < 1.29 is 0 Å². The first-order chi connectivity index (χ1) is 7.93. The minimum absolute atomic E-state index is 0.777. The highest BCUT2D eigenvalue weighted by molar-refractivity contribution is 5.14. The van der Waals surface area contributed by atoms with Gasteiger partial charge in [0, 0.05) is 6.54 Å². The topological polar surface area (TPSA) is 50.1 Å². The zero-order chi connectivity index (χ0) is 11.5. The van der Waals surface area contributed by atoms with Gasteiger partial charge in [-0.3, -0.25) is 0 Å². The Labute approximate surface area is 98.4 Å². The molecule has 16 heavy (non-hydrogen) atoms. The molecule has 0 aromatic heterocycles. The van der Waals surface area contributed by atoms with Crippen LogP contribution in [0.2, 0.25) is 0 Å². The molecule has 0 saturated carbocycles. The van der Waals surface area contributed by atoms with E-state index in [1.54, 1.807) is 0 Å². The fourth-order valence-corrected chi connectivity index (χ4v) is 1.52. The summed E-state index contributed by atoms with van der Waals surface area (Å²) in [5, 5.41) is 6.79. The molecule has 0 heterocycles. The molecule has 0 unspecified atom stereocenters. The van der Waals surface area contributed by atoms with Crippen molar-refractivity contribution >= 4 is 0 Å². The SMILES string of the molecule is NCCCNCCCNCc1ccccc1. The fraction of sp³-hybridized carbons (Fsp3) is 0.538. The summed E-state index contributed by atoms with van der Waals surface area (Å²) in [5.74, 6) is 0. The molecule has 0 atom stereocenters. The molecule has 1 aromatic carbocycles. The van der Waals surface area contributed by atoms with E-state index in [1.165, 1.54) is 5.56 Å². The second-order valence-corrected chi connectivity index (χ2v) is 3.91. The van der Waals surface area contributed by atoms with Gasteiger partial charge in [0.15, 0.2) is 0 Å². The van der Waals surface area contributed by atoms with Gasteiger partial charge in [-0.2, -0.15) is 0 Å². The van der Waals surface area contributed by atoms with Crippen molar-refractivity contribution in [2.45, 2.75) is 19.4 Å². The predicted octanol–water partition coefficient (Wildman–Crippen LogP) is 1.10. The number of nitrogens with one attached hydrogen (secondary N) is 2. The van der Waals surface area contributed by atoms with Gasteiger partial charge >= 0.3 is 0 Å². The zero-order valence-corrected chi connectivity index (χ0v) is 9.91. The van der Waals surface area contributed by atoms with Gasteiger partial charge in [0.1, 0.15) is 0 Å². The lowest BCUT2D eigenvalue weighted by atomic mass is 10.2. The molecule has 90 valence electrons. The molecular formula is C13H23N3. The second-order valence-electron chi connectivity index (χ2n) is 3.91. The van der Waals surface area contributed by atoms with E-state index in [0.717, 1.165) is 45.6 Å². The lowest BCUT2D eigenvalue weighted by Gasteiger charge is -2.06. The molecule has 0 bridgehead atoms. The van der Waals surface area contributed by atoms with E-state index < -0.39 is 0 Å². The van der Waals surface area contributed by atoms with Crippen LogP contribution in [0.3, 0.4) is 0 Å². The van der Waals surface area contributed by atoms with Gasteiger partial charge in [-0.25, -0.2) is 0 Å². The van der Waals surface area contributed by atoms with Crippen molar-refractivity contribution in [3.05, 3.63) is 35.9 Å². The van der Waals surface area contributed by atoms with Crippen molar-refractivity contribution in [3.8, 4) is 0 Å². The number of hydrogen-bond acceptors (Lipinski definition) is 3. The minimum atomic E-state index is 0.777. The average molecular weight is 221 g/mol. The highest BCUT2D eigenvalue weighted by Gasteiger charge is 1.91. The highest BCUT2D eigenvalue weighted by Crippen LogP contribution is 1.96. The van der Waals surface area contributed by atoms with Gasteiger partial charge in [-0.1, -0.05) is 30.3 Å². The van der Waals surface area contributed by atoms with Crippen LogP contribution in [0.4, 0.5) is 0 Å². The van der Waals surface area contributed by atoms with Crippen LogP contribution in [-0.4, -0.2) is 26.2 Å². The quantitative estimate of drug-likeness (QED) is 0.547. The molecule has 0 spiro atoms. The van der Waals surface area contributed by atoms with Gasteiger partial charge in [-0.05, 0) is 44.6 Å². The first kappa shape index (κ1) is 13.2. The number of nitrogens with two attached hydrogens (primary N) is 1. The molecule has 0 aliphatic rings. The van der Waals surface area contributed by atoms with Gasteiger partial charge in [-0.15, -0.1) is 0 Å². The zero-order valence-electron chi connectivity index (χ0n) is 9.91. The van der Waals surface area contributed by atoms with Gasteiger partial charge in [0.05, 0.1) is 0 Å². The summed E-state index contributed by atoms with van der Waals surface area (Å²) in [5.41, 5.74) is 6.75. The van der Waals surface area contributed by atoms with Crippen LogP contribution >= 0.6 is 0 Å². The second kappa shape index (κ2) is 9.33. The van der Waals surface area contributed by atoms with E-state index in [2.05, 4.69) is 34.9 Å². The third-order valence-corrected chi connectivity index (χ3v) is 2.44. The van der Waals surface area contributed by atoms with Crippen molar-refractivity contribution in [1.29, 1.82) is 0 Å². The van der Waals surface area contributed by atoms with Crippen LogP contribution < -0.4 is 16.4 Å². The third-order valence-electron chi connectivity index (χ3n) is 2.44. The Kier molecular flexibility index (Phi) is 7.68. The third kappa shape index (κ3) is 6.56. The van der Waals surface area contributed by atoms with E-state index in [9.17, 15) is 0 Å². The maximum absolute atomic E-state index is 5.40. The molecule has 3 nitrogen and oxygen atoms in total. The molecule has 0 saturated heterocycles. The lowest BCUT2D eigenvalue weighted by Crippen LogP contribution is -2.23. The van der Waals surface area contributed by atoms with E-state index in [4.69, 9.17) is 5.73 Å². The lowest BCUT2D eigenvalue weighted by molar-refractivity contribution is 0.586. The van der Waals surface area contributed by atoms with Gasteiger partial charge in [0.2, 0.25) is 0 Å². The normalized spacial score (nSPS) is 10.6. The number of rotatable bonds is 9. The molecule has 4 N–H and O–H groups in total. The summed E-state index contributed by atoms with van der Waals surface area (Å²) < 4.78 is 0. The molecule has 1 rings (SSSR count). The monoisotopic (exact) mass is 221 g/mol. The average Bonchev–Trinajstić information content (AvgIpc) is 2.34. The van der Waals surface area contributed by atoms with Crippen molar-refractivity contribution in [2.75, 3.05) is 26.2 Å². The largest absolute Gasteiger partial charge is 0.330 e. The Morgan fingerprint density at radius 3 is 2.31 bits per heavy atom. The summed E-state index contributed by atoms with van der Waals surface area (Å²) in [6.45, 7) is 4.91. The first-order valence-corrected chi connectivity index (χ1v) is 6.09. The molecule has 1 aromatic rings. The van der Waals surface area contributed by atoms with Crippen LogP contribution in [0.25, 0.3) is 0 Å². The van der Waals surface area contributed by atoms with Crippen molar-refractivity contribution in [3.63, 3.8) is 0 Å². The molecule has 3 heteroatoms. The van der Waals surface area contributed by atoms with Crippen LogP contribution in [0.5, 0.6) is 0 Å². The van der Waals surface area contributed by atoms with E-state index in [1.807, 2.05) is 6.07 Å². The maximum atomic E-state index is 5.40. The molecule has 0 fully saturated rings. The maximum Gasteiger partial charge on any atom is 0.0205 e. The van der Waals surface area contributed by atoms with Gasteiger partial charge in [0.25, 0.3) is 0 Å². The minimum Gasteiger partial charge on any atom is -0.330 e. The standard InChI is InChI=1S/C13H23N3/c14-8-4-9-15-10-5-11-16-12-13-6-2-1-3-7-13/h1-3,6-7,15-16H,4-5,8-12,14H2. The molecule has 0 aliphatic carbocycles. The Balaban J connectivity index is 1.89. The first-order valence-electron chi connectivity index (χ1n) is 6.09. The molecular weight excluding hydrogens is 198 g/mol. The summed E-state index contributed by atoms with van der Waals surface area (Å²) in [7, 11) is 0. The van der Waals surface area contributed by atoms with Crippen molar-refractivity contribution in [2.24, 2.45) is 5.73 Å². The van der Waals surface area contributed by atoms with Crippen molar-refractivity contribution in [1.82, 2.24) is 10.6 Å². The van der Waals surface area contributed by atoms with Crippen LogP contribution in [0.15, 0.2) is 30.3 Å². The number of benzene rings is 1. The van der Waals surface area contributed by atoms with E-state index in [0.29, 0.717) is 0 Å². The molecule has 0 aliphatic heterocycles. The van der Waals surface area contributed by atoms with Gasteiger partial charge < -0.3 is 16.4 Å². The highest BCUT2D eigenvalue weighted by atomic mass is 14.9. The van der Waals surface area contributed by atoms with E-state index >= 15 is 0 Å². The number of hydrogen-bond donors (Lipinski definition) is 3. The summed E-state index contributed by atoms with van der Waals surface area (Å²) in [4.78, 5) is 0. The van der Waals surface area contributed by atoms with Crippen LogP contribution in [0, 0.1) is 0 Å². The van der Waals surface area contributed by atoms with Crippen LogP contribution in [0.1, 0.15) is 18.4 Å². The molecule has 0 amide bonds. The molecule has 0 radical (unpaired) electrons.